The van der Waals surface area contributed by atoms with Gasteiger partial charge < -0.3 is 4.90 Å². The average molecular weight is 342 g/mol. The fraction of sp³-hybridized carbons (Fsp3) is 0.136. The summed E-state index contributed by atoms with van der Waals surface area (Å²) in [7, 11) is 0. The number of anilines is 1. The second-order valence-corrected chi connectivity index (χ2v) is 6.51. The minimum atomic E-state index is -0.100. The first-order chi connectivity index (χ1) is 12.6. The molecule has 0 N–H and O–H groups in total. The lowest BCUT2D eigenvalue weighted by Crippen LogP contribution is -2.35. The Kier molecular flexibility index (Phi) is 4.09. The molecule has 0 saturated carbocycles. The van der Waals surface area contributed by atoms with Crippen LogP contribution in [0.3, 0.4) is 0 Å². The third-order valence-electron chi connectivity index (χ3n) is 4.74. The molecule has 0 aliphatic carbocycles. The number of rotatable bonds is 3. The molecule has 2 heterocycles. The van der Waals surface area contributed by atoms with Gasteiger partial charge in [-0.15, -0.1) is 0 Å². The second kappa shape index (κ2) is 6.56. The van der Waals surface area contributed by atoms with Crippen molar-refractivity contribution in [3.63, 3.8) is 0 Å². The van der Waals surface area contributed by atoms with Crippen molar-refractivity contribution in [3.8, 4) is 0 Å². The topological polar surface area (TPSA) is 50.3 Å². The molecule has 3 aromatic rings. The Hall–Kier alpha value is -3.27. The van der Waals surface area contributed by atoms with E-state index < -0.39 is 0 Å². The summed E-state index contributed by atoms with van der Waals surface area (Å²) in [6.45, 7) is 2.05. The summed E-state index contributed by atoms with van der Waals surface area (Å²) >= 11 is 0. The van der Waals surface area contributed by atoms with Crippen molar-refractivity contribution in [2.45, 2.75) is 19.4 Å². The molecule has 1 aliphatic rings. The molecule has 1 atom stereocenters. The molecule has 2 aromatic carbocycles. The number of para-hydroxylation sites is 1. The number of amides is 1. The van der Waals surface area contributed by atoms with E-state index in [2.05, 4.69) is 18.0 Å². The Labute approximate surface area is 152 Å². The van der Waals surface area contributed by atoms with Crippen LogP contribution in [0.4, 0.5) is 5.69 Å². The SMILES string of the molecule is CC1Cc2ccccc2N1C(=O)c1ccc(C(=O)c2cccnc2)cc1. The van der Waals surface area contributed by atoms with E-state index in [0.717, 1.165) is 12.1 Å². The number of benzene rings is 2. The van der Waals surface area contributed by atoms with E-state index >= 15 is 0 Å². The van der Waals surface area contributed by atoms with Crippen LogP contribution in [0.15, 0.2) is 73.1 Å². The van der Waals surface area contributed by atoms with Crippen LogP contribution in [0.2, 0.25) is 0 Å². The summed E-state index contributed by atoms with van der Waals surface area (Å²) in [5.74, 6) is -0.139. The first kappa shape index (κ1) is 16.2. The number of hydrogen-bond donors (Lipinski definition) is 0. The van der Waals surface area contributed by atoms with Gasteiger partial charge in [-0.1, -0.05) is 30.3 Å². The molecular formula is C22H18N2O2. The lowest BCUT2D eigenvalue weighted by molar-refractivity contribution is 0.0979. The number of hydrogen-bond acceptors (Lipinski definition) is 3. The van der Waals surface area contributed by atoms with Gasteiger partial charge in [-0.2, -0.15) is 0 Å². The van der Waals surface area contributed by atoms with Crippen LogP contribution in [0.1, 0.15) is 38.8 Å². The van der Waals surface area contributed by atoms with Gasteiger partial charge in [0.05, 0.1) is 0 Å². The Balaban J connectivity index is 1.60. The van der Waals surface area contributed by atoms with Crippen LogP contribution in [0.25, 0.3) is 0 Å². The maximum atomic E-state index is 13.0. The summed E-state index contributed by atoms with van der Waals surface area (Å²) in [4.78, 5) is 31.3. The Morgan fingerprint density at radius 1 is 0.923 bits per heavy atom. The average Bonchev–Trinajstić information content (AvgIpc) is 3.03. The molecule has 128 valence electrons. The van der Waals surface area contributed by atoms with Gasteiger partial charge in [-0.25, -0.2) is 0 Å². The molecule has 1 aliphatic heterocycles. The molecule has 4 rings (SSSR count). The maximum absolute atomic E-state index is 13.0. The van der Waals surface area contributed by atoms with Crippen LogP contribution in [-0.4, -0.2) is 22.7 Å². The third-order valence-corrected chi connectivity index (χ3v) is 4.74. The molecule has 1 amide bonds. The molecule has 0 fully saturated rings. The van der Waals surface area contributed by atoms with E-state index in [9.17, 15) is 9.59 Å². The number of aromatic nitrogens is 1. The highest BCUT2D eigenvalue weighted by Gasteiger charge is 2.31. The Bertz CT molecular complexity index is 965. The molecule has 0 radical (unpaired) electrons. The van der Waals surface area contributed by atoms with Gasteiger partial charge in [0.15, 0.2) is 5.78 Å². The van der Waals surface area contributed by atoms with Crippen LogP contribution in [0, 0.1) is 0 Å². The second-order valence-electron chi connectivity index (χ2n) is 6.51. The van der Waals surface area contributed by atoms with E-state index in [1.54, 1.807) is 48.8 Å². The minimum Gasteiger partial charge on any atom is -0.305 e. The van der Waals surface area contributed by atoms with Gasteiger partial charge in [0.2, 0.25) is 0 Å². The number of ketones is 1. The largest absolute Gasteiger partial charge is 0.305 e. The van der Waals surface area contributed by atoms with Crippen molar-refractivity contribution >= 4 is 17.4 Å². The monoisotopic (exact) mass is 342 g/mol. The Morgan fingerprint density at radius 2 is 1.65 bits per heavy atom. The van der Waals surface area contributed by atoms with E-state index in [4.69, 9.17) is 0 Å². The lowest BCUT2D eigenvalue weighted by atomic mass is 10.0. The van der Waals surface area contributed by atoms with Crippen molar-refractivity contribution in [2.75, 3.05) is 4.90 Å². The molecule has 4 nitrogen and oxygen atoms in total. The summed E-state index contributed by atoms with van der Waals surface area (Å²) in [6, 6.07) is 18.4. The Morgan fingerprint density at radius 3 is 2.38 bits per heavy atom. The van der Waals surface area contributed by atoms with Crippen molar-refractivity contribution in [1.29, 1.82) is 0 Å². The zero-order valence-corrected chi connectivity index (χ0v) is 14.4. The minimum absolute atomic E-state index is 0.0390. The van der Waals surface area contributed by atoms with E-state index in [-0.39, 0.29) is 17.7 Å². The summed E-state index contributed by atoms with van der Waals surface area (Å²) in [5.41, 5.74) is 3.83. The van der Waals surface area contributed by atoms with E-state index in [1.165, 1.54) is 5.56 Å². The van der Waals surface area contributed by atoms with Gasteiger partial charge in [0.1, 0.15) is 0 Å². The fourth-order valence-corrected chi connectivity index (χ4v) is 3.44. The highest BCUT2D eigenvalue weighted by atomic mass is 16.2. The zero-order valence-electron chi connectivity index (χ0n) is 14.4. The molecular weight excluding hydrogens is 324 g/mol. The zero-order chi connectivity index (χ0) is 18.1. The van der Waals surface area contributed by atoms with Crippen LogP contribution in [-0.2, 0) is 6.42 Å². The summed E-state index contributed by atoms with van der Waals surface area (Å²) in [6.07, 6.45) is 4.04. The van der Waals surface area contributed by atoms with E-state index in [1.807, 2.05) is 23.1 Å². The maximum Gasteiger partial charge on any atom is 0.258 e. The first-order valence-corrected chi connectivity index (χ1v) is 8.61. The smallest absolute Gasteiger partial charge is 0.258 e. The van der Waals surface area contributed by atoms with Crippen molar-refractivity contribution < 1.29 is 9.59 Å². The van der Waals surface area contributed by atoms with Crippen LogP contribution < -0.4 is 4.90 Å². The quantitative estimate of drug-likeness (QED) is 0.678. The van der Waals surface area contributed by atoms with Crippen molar-refractivity contribution in [3.05, 3.63) is 95.3 Å². The van der Waals surface area contributed by atoms with Crippen LogP contribution in [0.5, 0.6) is 0 Å². The lowest BCUT2D eigenvalue weighted by Gasteiger charge is -2.22. The third kappa shape index (κ3) is 2.80. The normalized spacial score (nSPS) is 15.6. The van der Waals surface area contributed by atoms with Gasteiger partial charge in [0, 0.05) is 40.8 Å². The van der Waals surface area contributed by atoms with Gasteiger partial charge in [-0.3, -0.25) is 14.6 Å². The van der Waals surface area contributed by atoms with Crippen molar-refractivity contribution in [2.24, 2.45) is 0 Å². The fourth-order valence-electron chi connectivity index (χ4n) is 3.44. The molecule has 1 aromatic heterocycles. The number of fused-ring (bicyclic) bond motifs is 1. The number of carbonyl (C=O) groups excluding carboxylic acids is 2. The molecule has 1 unspecified atom stereocenters. The van der Waals surface area contributed by atoms with Gasteiger partial charge in [-0.05, 0) is 49.2 Å². The number of nitrogens with zero attached hydrogens (tertiary/aromatic N) is 2. The molecule has 0 saturated heterocycles. The predicted octanol–water partition coefficient (Wildman–Crippen LogP) is 3.90. The van der Waals surface area contributed by atoms with E-state index in [0.29, 0.717) is 16.7 Å². The molecule has 0 spiro atoms. The number of pyridine rings is 1. The predicted molar refractivity (Wildman–Crippen MR) is 101 cm³/mol. The van der Waals surface area contributed by atoms with Crippen molar-refractivity contribution in [1.82, 2.24) is 4.98 Å². The number of carbonyl (C=O) groups is 2. The molecule has 26 heavy (non-hydrogen) atoms. The highest BCUT2D eigenvalue weighted by molar-refractivity contribution is 6.11. The van der Waals surface area contributed by atoms with Gasteiger partial charge >= 0.3 is 0 Å². The molecule has 0 bridgehead atoms. The highest BCUT2D eigenvalue weighted by Crippen LogP contribution is 2.33. The summed E-state index contributed by atoms with van der Waals surface area (Å²) in [5, 5.41) is 0. The first-order valence-electron chi connectivity index (χ1n) is 8.61. The standard InChI is InChI=1S/C22H18N2O2/c1-15-13-18-5-2-3-7-20(18)24(15)22(26)17-10-8-16(9-11-17)21(25)19-6-4-12-23-14-19/h2-12,14-15H,13H2,1H3. The molecule has 4 heteroatoms. The summed E-state index contributed by atoms with van der Waals surface area (Å²) < 4.78 is 0. The van der Waals surface area contributed by atoms with Crippen LogP contribution >= 0.6 is 0 Å². The van der Waals surface area contributed by atoms with Gasteiger partial charge in [0.25, 0.3) is 5.91 Å².